The summed E-state index contributed by atoms with van der Waals surface area (Å²) in [6, 6.07) is 9.84. The van der Waals surface area contributed by atoms with Crippen molar-refractivity contribution in [2.75, 3.05) is 31.5 Å². The van der Waals surface area contributed by atoms with Crippen molar-refractivity contribution in [1.29, 1.82) is 0 Å². The van der Waals surface area contributed by atoms with E-state index in [0.29, 0.717) is 13.1 Å². The zero-order chi connectivity index (χ0) is 19.1. The van der Waals surface area contributed by atoms with Crippen molar-refractivity contribution in [3.05, 3.63) is 54.4 Å². The van der Waals surface area contributed by atoms with Crippen LogP contribution in [-0.2, 0) is 6.54 Å². The van der Waals surface area contributed by atoms with Gasteiger partial charge in [0.25, 0.3) is 0 Å². The summed E-state index contributed by atoms with van der Waals surface area (Å²) < 4.78 is 29.5. The normalized spacial score (nSPS) is 15.4. The van der Waals surface area contributed by atoms with Crippen LogP contribution in [0, 0.1) is 0 Å². The van der Waals surface area contributed by atoms with Crippen molar-refractivity contribution in [2.24, 2.45) is 0 Å². The number of para-hydroxylation sites is 2. The van der Waals surface area contributed by atoms with E-state index in [2.05, 4.69) is 19.9 Å². The highest BCUT2D eigenvalue weighted by Crippen LogP contribution is 2.26. The fourth-order valence-electron chi connectivity index (χ4n) is 3.04. The number of aromatic nitrogens is 1. The maximum absolute atomic E-state index is 12.6. The Morgan fingerprint density at radius 3 is 2.67 bits per heavy atom. The quantitative estimate of drug-likeness (QED) is 0.869. The molecule has 0 saturated carbocycles. The predicted molar refractivity (Wildman–Crippen MR) is 97.8 cm³/mol. The van der Waals surface area contributed by atoms with Crippen molar-refractivity contribution in [3.63, 3.8) is 0 Å². The number of nitrogens with zero attached hydrogens (tertiary/aromatic N) is 3. The number of hydrogen-bond donors (Lipinski definition) is 1. The van der Waals surface area contributed by atoms with Gasteiger partial charge >= 0.3 is 12.6 Å². The number of halogens is 2. The first kappa shape index (κ1) is 19.0. The molecular weight excluding hydrogens is 354 g/mol. The molecule has 3 rings (SSSR count). The molecule has 2 amide bonds. The fraction of sp³-hybridized carbons (Fsp3) is 0.368. The van der Waals surface area contributed by atoms with Gasteiger partial charge in [-0.05, 0) is 36.2 Å². The fourth-order valence-corrected chi connectivity index (χ4v) is 3.04. The minimum atomic E-state index is -2.94. The van der Waals surface area contributed by atoms with Gasteiger partial charge in [0, 0.05) is 45.1 Å². The van der Waals surface area contributed by atoms with Gasteiger partial charge < -0.3 is 15.0 Å². The molecule has 2 heterocycles. The molecule has 1 N–H and O–H groups in total. The second kappa shape index (κ2) is 9.27. The number of pyridine rings is 1. The van der Waals surface area contributed by atoms with Crippen LogP contribution < -0.4 is 10.1 Å². The molecule has 1 aliphatic heterocycles. The van der Waals surface area contributed by atoms with E-state index in [4.69, 9.17) is 0 Å². The van der Waals surface area contributed by atoms with Crippen molar-refractivity contribution in [1.82, 2.24) is 14.8 Å². The van der Waals surface area contributed by atoms with Crippen molar-refractivity contribution in [3.8, 4) is 5.75 Å². The van der Waals surface area contributed by atoms with Gasteiger partial charge in [0.05, 0.1) is 5.69 Å². The number of rotatable bonds is 5. The van der Waals surface area contributed by atoms with Crippen LogP contribution in [0.2, 0.25) is 0 Å². The van der Waals surface area contributed by atoms with Gasteiger partial charge in [-0.3, -0.25) is 9.88 Å². The molecule has 0 unspecified atom stereocenters. The predicted octanol–water partition coefficient (Wildman–Crippen LogP) is 3.42. The second-order valence-corrected chi connectivity index (χ2v) is 6.28. The van der Waals surface area contributed by atoms with Gasteiger partial charge in [0.15, 0.2) is 0 Å². The molecule has 0 radical (unpaired) electrons. The van der Waals surface area contributed by atoms with E-state index in [1.54, 1.807) is 35.5 Å². The van der Waals surface area contributed by atoms with E-state index in [-0.39, 0.29) is 17.5 Å². The molecule has 0 aliphatic carbocycles. The zero-order valence-corrected chi connectivity index (χ0v) is 14.9. The Kier molecular flexibility index (Phi) is 6.54. The van der Waals surface area contributed by atoms with Gasteiger partial charge in [0.2, 0.25) is 0 Å². The van der Waals surface area contributed by atoms with Crippen LogP contribution in [0.25, 0.3) is 0 Å². The van der Waals surface area contributed by atoms with Crippen LogP contribution in [0.15, 0.2) is 48.8 Å². The Morgan fingerprint density at radius 2 is 1.89 bits per heavy atom. The largest absolute Gasteiger partial charge is 0.433 e. The van der Waals surface area contributed by atoms with Crippen LogP contribution in [0.3, 0.4) is 0 Å². The molecule has 0 bridgehead atoms. The number of carbonyl (C=O) groups is 1. The molecular formula is C19H22F2N4O2. The molecule has 6 nitrogen and oxygen atoms in total. The maximum atomic E-state index is 12.6. The first-order chi connectivity index (χ1) is 13.1. The van der Waals surface area contributed by atoms with Crippen LogP contribution >= 0.6 is 0 Å². The number of hydrogen-bond acceptors (Lipinski definition) is 4. The number of ether oxygens (including phenoxy) is 1. The molecule has 1 fully saturated rings. The standard InChI is InChI=1S/C19H22F2N4O2/c20-18(21)27-17-5-2-1-4-16(17)23-19(26)25-11-3-10-24(12-13-25)14-15-6-8-22-9-7-15/h1-2,4-9,18H,3,10-14H2,(H,23,26). The second-order valence-electron chi connectivity index (χ2n) is 6.28. The number of benzene rings is 1. The van der Waals surface area contributed by atoms with Crippen LogP contribution in [0.1, 0.15) is 12.0 Å². The highest BCUT2D eigenvalue weighted by atomic mass is 19.3. The zero-order valence-electron chi connectivity index (χ0n) is 14.9. The van der Waals surface area contributed by atoms with E-state index >= 15 is 0 Å². The van der Waals surface area contributed by atoms with E-state index in [9.17, 15) is 13.6 Å². The molecule has 144 valence electrons. The number of carbonyl (C=O) groups excluding carboxylic acids is 1. The Bertz CT molecular complexity index is 745. The summed E-state index contributed by atoms with van der Waals surface area (Å²) in [6.45, 7) is 0.666. The highest BCUT2D eigenvalue weighted by molar-refractivity contribution is 5.91. The summed E-state index contributed by atoms with van der Waals surface area (Å²) in [5, 5.41) is 2.68. The summed E-state index contributed by atoms with van der Waals surface area (Å²) in [5.74, 6) is -0.0463. The van der Waals surface area contributed by atoms with E-state index in [1.165, 1.54) is 11.6 Å². The summed E-state index contributed by atoms with van der Waals surface area (Å²) in [7, 11) is 0. The maximum Gasteiger partial charge on any atom is 0.387 e. The Morgan fingerprint density at radius 1 is 1.11 bits per heavy atom. The molecule has 27 heavy (non-hydrogen) atoms. The van der Waals surface area contributed by atoms with Crippen molar-refractivity contribution < 1.29 is 18.3 Å². The lowest BCUT2D eigenvalue weighted by atomic mass is 10.2. The average Bonchev–Trinajstić information content (AvgIpc) is 2.89. The number of alkyl halides is 2. The van der Waals surface area contributed by atoms with E-state index < -0.39 is 6.61 Å². The summed E-state index contributed by atoms with van der Waals surface area (Å²) in [6.07, 6.45) is 4.38. The number of anilines is 1. The molecule has 2 aromatic rings. The lowest BCUT2D eigenvalue weighted by molar-refractivity contribution is -0.0493. The molecule has 0 atom stereocenters. The molecule has 1 aromatic heterocycles. The summed E-state index contributed by atoms with van der Waals surface area (Å²) >= 11 is 0. The molecule has 1 aliphatic rings. The first-order valence-electron chi connectivity index (χ1n) is 8.83. The topological polar surface area (TPSA) is 57.7 Å². The van der Waals surface area contributed by atoms with Gasteiger partial charge in [0.1, 0.15) is 5.75 Å². The van der Waals surface area contributed by atoms with Crippen molar-refractivity contribution >= 4 is 11.7 Å². The smallest absolute Gasteiger partial charge is 0.387 e. The third-order valence-electron chi connectivity index (χ3n) is 4.38. The number of nitrogens with one attached hydrogen (secondary N) is 1. The Hall–Kier alpha value is -2.74. The van der Waals surface area contributed by atoms with E-state index in [0.717, 1.165) is 26.1 Å². The van der Waals surface area contributed by atoms with Gasteiger partial charge in [-0.25, -0.2) is 4.79 Å². The highest BCUT2D eigenvalue weighted by Gasteiger charge is 2.20. The van der Waals surface area contributed by atoms with Crippen molar-refractivity contribution in [2.45, 2.75) is 19.6 Å². The number of urea groups is 1. The molecule has 1 aromatic carbocycles. The molecule has 1 saturated heterocycles. The minimum absolute atomic E-state index is 0.0463. The SMILES string of the molecule is O=C(Nc1ccccc1OC(F)F)N1CCCN(Cc2ccncc2)CC1. The monoisotopic (exact) mass is 376 g/mol. The average molecular weight is 376 g/mol. The Balaban J connectivity index is 1.57. The third kappa shape index (κ3) is 5.62. The first-order valence-corrected chi connectivity index (χ1v) is 8.83. The van der Waals surface area contributed by atoms with Crippen LogP contribution in [0.4, 0.5) is 19.3 Å². The van der Waals surface area contributed by atoms with Gasteiger partial charge in [-0.1, -0.05) is 12.1 Å². The van der Waals surface area contributed by atoms with Crippen LogP contribution in [-0.4, -0.2) is 53.6 Å². The van der Waals surface area contributed by atoms with Gasteiger partial charge in [-0.2, -0.15) is 8.78 Å². The minimum Gasteiger partial charge on any atom is -0.433 e. The lowest BCUT2D eigenvalue weighted by Gasteiger charge is -2.23. The number of amides is 2. The molecule has 0 spiro atoms. The van der Waals surface area contributed by atoms with E-state index in [1.807, 2.05) is 12.1 Å². The Labute approximate surface area is 156 Å². The third-order valence-corrected chi connectivity index (χ3v) is 4.38. The van der Waals surface area contributed by atoms with Crippen LogP contribution in [0.5, 0.6) is 5.75 Å². The molecule has 8 heteroatoms. The summed E-state index contributed by atoms with van der Waals surface area (Å²) in [5.41, 5.74) is 1.42. The summed E-state index contributed by atoms with van der Waals surface area (Å²) in [4.78, 5) is 20.6. The lowest BCUT2D eigenvalue weighted by Crippen LogP contribution is -2.38. The van der Waals surface area contributed by atoms with Gasteiger partial charge in [-0.15, -0.1) is 0 Å².